The van der Waals surface area contributed by atoms with Crippen LogP contribution >= 0.6 is 0 Å². The van der Waals surface area contributed by atoms with Gasteiger partial charge in [-0.15, -0.1) is 0 Å². The van der Waals surface area contributed by atoms with Gasteiger partial charge < -0.3 is 0 Å². The van der Waals surface area contributed by atoms with Crippen LogP contribution in [0.15, 0.2) is 10.2 Å². The van der Waals surface area contributed by atoms with Crippen LogP contribution < -0.4 is 5.32 Å². The Morgan fingerprint density at radius 1 is 0.962 bits per heavy atom. The Hall–Kier alpha value is -0.521. The minimum absolute atomic E-state index is 0.186. The van der Waals surface area contributed by atoms with Gasteiger partial charge in [0.15, 0.2) is 0 Å². The number of hydrogen-bond donors (Lipinski definition) is 1. The quantitative estimate of drug-likeness (QED) is 0.256. The van der Waals surface area contributed by atoms with Gasteiger partial charge in [-0.25, -0.2) is 0 Å². The minimum atomic E-state index is -2.33. The molecule has 0 bridgehead atoms. The number of nitrogens with one attached hydrogen (secondary N) is 1. The second kappa shape index (κ2) is 15.5. The summed E-state index contributed by atoms with van der Waals surface area (Å²) >= 11 is -2.33. The van der Waals surface area contributed by atoms with E-state index in [0.29, 0.717) is 13.0 Å². The standard InChI is InChI=1S/C9H14NO3.3C4H9.Sn/c1-4-6-8(10-7(3)11)9(12)13-5-2;3*1-3-4-2;/h1,4,8H,5-6H2,2-3H3,(H,10,11);3*1,3-4H2,2H3;. The molecule has 26 heavy (non-hydrogen) atoms. The molecule has 5 heteroatoms. The second-order valence-electron chi connectivity index (χ2n) is 7.32. The fourth-order valence-electron chi connectivity index (χ4n) is 3.37. The summed E-state index contributed by atoms with van der Waals surface area (Å²) in [6.07, 6.45) is 10.4. The van der Waals surface area contributed by atoms with E-state index < -0.39 is 24.4 Å². The Morgan fingerprint density at radius 2 is 1.46 bits per heavy atom. The molecule has 0 saturated heterocycles. The maximum atomic E-state index is 12.1. The predicted octanol–water partition coefficient (Wildman–Crippen LogP) is 5.39. The number of carbonyl (C=O) groups is 2. The van der Waals surface area contributed by atoms with Crippen LogP contribution in [-0.2, 0) is 14.3 Å². The molecule has 0 radical (unpaired) electrons. The summed E-state index contributed by atoms with van der Waals surface area (Å²) in [4.78, 5) is 23.5. The van der Waals surface area contributed by atoms with Gasteiger partial charge in [0, 0.05) is 0 Å². The van der Waals surface area contributed by atoms with Gasteiger partial charge in [-0.1, -0.05) is 0 Å². The van der Waals surface area contributed by atoms with Crippen molar-refractivity contribution in [2.45, 2.75) is 98.9 Å². The van der Waals surface area contributed by atoms with Crippen molar-refractivity contribution < 1.29 is 14.3 Å². The van der Waals surface area contributed by atoms with Crippen molar-refractivity contribution in [1.29, 1.82) is 0 Å². The fraction of sp³-hybridized carbons (Fsp3) is 0.810. The van der Waals surface area contributed by atoms with E-state index in [1.807, 2.05) is 0 Å². The van der Waals surface area contributed by atoms with Crippen molar-refractivity contribution in [3.8, 4) is 0 Å². The molecule has 1 unspecified atom stereocenters. The van der Waals surface area contributed by atoms with Crippen LogP contribution in [0.25, 0.3) is 0 Å². The van der Waals surface area contributed by atoms with E-state index in [0.717, 1.165) is 0 Å². The number of amides is 1. The topological polar surface area (TPSA) is 55.4 Å². The Balaban J connectivity index is 5.19. The second-order valence-corrected chi connectivity index (χ2v) is 20.3. The molecule has 0 aromatic heterocycles. The van der Waals surface area contributed by atoms with E-state index in [2.05, 4.69) is 36.3 Å². The molecule has 0 aromatic carbocycles. The zero-order valence-electron chi connectivity index (χ0n) is 17.7. The van der Waals surface area contributed by atoms with Crippen molar-refractivity contribution in [2.75, 3.05) is 6.61 Å². The molecular formula is C21H41NO3Sn. The maximum absolute atomic E-state index is 12.1. The van der Waals surface area contributed by atoms with Crippen LogP contribution in [0.4, 0.5) is 0 Å². The van der Waals surface area contributed by atoms with Crippen molar-refractivity contribution in [1.82, 2.24) is 5.32 Å². The summed E-state index contributed by atoms with van der Waals surface area (Å²) in [5.41, 5.74) is 0. The van der Waals surface area contributed by atoms with Crippen LogP contribution in [0.1, 0.15) is 79.6 Å². The number of rotatable bonds is 15. The third-order valence-corrected chi connectivity index (χ3v) is 19.1. The van der Waals surface area contributed by atoms with Gasteiger partial charge in [-0.2, -0.15) is 0 Å². The molecular weight excluding hydrogens is 433 g/mol. The molecule has 4 nitrogen and oxygen atoms in total. The first-order valence-electron chi connectivity index (χ1n) is 10.6. The number of unbranched alkanes of at least 4 members (excludes halogenated alkanes) is 3. The number of hydrogen-bond acceptors (Lipinski definition) is 3. The van der Waals surface area contributed by atoms with Gasteiger partial charge in [0.1, 0.15) is 0 Å². The van der Waals surface area contributed by atoms with Gasteiger partial charge in [0.2, 0.25) is 0 Å². The average Bonchev–Trinajstić information content (AvgIpc) is 2.61. The van der Waals surface area contributed by atoms with Crippen molar-refractivity contribution in [3.63, 3.8) is 0 Å². The summed E-state index contributed by atoms with van der Waals surface area (Å²) in [6.45, 7) is 10.4. The van der Waals surface area contributed by atoms with Crippen LogP contribution in [0, 0.1) is 0 Å². The number of ether oxygens (including phenoxy) is 1. The van der Waals surface area contributed by atoms with E-state index in [1.54, 1.807) is 6.92 Å². The average molecular weight is 474 g/mol. The van der Waals surface area contributed by atoms with Gasteiger partial charge in [0.25, 0.3) is 0 Å². The van der Waals surface area contributed by atoms with Crippen molar-refractivity contribution >= 4 is 30.3 Å². The molecule has 0 aliphatic heterocycles. The summed E-state index contributed by atoms with van der Waals surface area (Å²) in [7, 11) is 0. The molecule has 0 heterocycles. The normalized spacial score (nSPS) is 13.0. The van der Waals surface area contributed by atoms with Crippen LogP contribution in [-0.4, -0.2) is 42.9 Å². The first-order valence-corrected chi connectivity index (χ1v) is 18.3. The van der Waals surface area contributed by atoms with E-state index in [-0.39, 0.29) is 11.9 Å². The Labute approximate surface area is 165 Å². The molecule has 0 saturated carbocycles. The molecule has 1 atom stereocenters. The van der Waals surface area contributed by atoms with Crippen molar-refractivity contribution in [3.05, 3.63) is 10.2 Å². The molecule has 0 aliphatic rings. The summed E-state index contributed by atoms with van der Waals surface area (Å²) in [5, 5.41) is 2.74. The first-order chi connectivity index (χ1) is 12.4. The first kappa shape index (κ1) is 25.5. The van der Waals surface area contributed by atoms with Crippen LogP contribution in [0.3, 0.4) is 0 Å². The zero-order valence-corrected chi connectivity index (χ0v) is 20.6. The van der Waals surface area contributed by atoms with Gasteiger partial charge in [-0.3, -0.25) is 0 Å². The number of esters is 1. The number of carbonyl (C=O) groups excluding carboxylic acids is 2. The van der Waals surface area contributed by atoms with E-state index in [1.165, 1.54) is 58.8 Å². The van der Waals surface area contributed by atoms with E-state index in [4.69, 9.17) is 4.74 Å². The van der Waals surface area contributed by atoms with Crippen molar-refractivity contribution in [2.24, 2.45) is 0 Å². The van der Waals surface area contributed by atoms with Gasteiger partial charge >= 0.3 is 166 Å². The van der Waals surface area contributed by atoms with Crippen LogP contribution in [0.2, 0.25) is 13.3 Å². The summed E-state index contributed by atoms with van der Waals surface area (Å²) < 4.78 is 11.9. The Bertz CT molecular complexity index is 402. The molecule has 1 N–H and O–H groups in total. The third kappa shape index (κ3) is 11.2. The van der Waals surface area contributed by atoms with Gasteiger partial charge in [0.05, 0.1) is 0 Å². The predicted molar refractivity (Wildman–Crippen MR) is 113 cm³/mol. The van der Waals surface area contributed by atoms with E-state index >= 15 is 0 Å². The Kier molecular flexibility index (Phi) is 15.2. The van der Waals surface area contributed by atoms with E-state index in [9.17, 15) is 9.59 Å². The molecule has 0 aliphatic carbocycles. The van der Waals surface area contributed by atoms with Crippen LogP contribution in [0.5, 0.6) is 0 Å². The van der Waals surface area contributed by atoms with Gasteiger partial charge in [-0.05, 0) is 0 Å². The molecule has 0 aromatic rings. The summed E-state index contributed by atoms with van der Waals surface area (Å²) in [6, 6.07) is -0.559. The molecule has 0 spiro atoms. The zero-order chi connectivity index (χ0) is 19.8. The third-order valence-electron chi connectivity index (χ3n) is 4.88. The molecule has 0 rings (SSSR count). The molecule has 152 valence electrons. The monoisotopic (exact) mass is 475 g/mol. The molecule has 1 amide bonds. The molecule has 0 fully saturated rings. The summed E-state index contributed by atoms with van der Waals surface area (Å²) in [5.74, 6) is -0.516. The SMILES string of the molecule is CCC[CH2][Sn](/[CH]=C/CC(NC(C)=O)C(=O)OCC)([CH2]CCC)[CH2]CCC. The Morgan fingerprint density at radius 3 is 1.85 bits per heavy atom. The fourth-order valence-corrected chi connectivity index (χ4v) is 17.8.